The maximum Gasteiger partial charge on any atom is 0.127 e. The van der Waals surface area contributed by atoms with Crippen LogP contribution in [0, 0.1) is 23.6 Å². The number of hydrogen-bond donors (Lipinski definition) is 2. The molecule has 110 valence electrons. The first-order valence-electron chi connectivity index (χ1n) is 7.28. The lowest BCUT2D eigenvalue weighted by atomic mass is 9.71. The number of rotatable bonds is 3. The van der Waals surface area contributed by atoms with E-state index >= 15 is 0 Å². The molecule has 3 rings (SSSR count). The zero-order valence-electron chi connectivity index (χ0n) is 12.0. The summed E-state index contributed by atoms with van der Waals surface area (Å²) >= 11 is 0. The molecule has 0 radical (unpaired) electrons. The molecule has 1 unspecified atom stereocenters. The first-order valence-corrected chi connectivity index (χ1v) is 7.28. The minimum Gasteiger partial charge on any atom is -0.508 e. The lowest BCUT2D eigenvalue weighted by Crippen LogP contribution is -2.45. The highest BCUT2D eigenvalue weighted by molar-refractivity contribution is 5.35. The quantitative estimate of drug-likeness (QED) is 0.892. The van der Waals surface area contributed by atoms with Crippen LogP contribution in [0.1, 0.15) is 24.8 Å². The number of phenolic OH excluding ortho intramolecular Hbond substituents is 1. The summed E-state index contributed by atoms with van der Waals surface area (Å²) < 4.78 is 13.6. The molecule has 2 aliphatic carbocycles. The van der Waals surface area contributed by atoms with Crippen molar-refractivity contribution >= 4 is 0 Å². The monoisotopic (exact) mass is 279 g/mol. The fraction of sp³-hybridized carbons (Fsp3) is 0.625. The highest BCUT2D eigenvalue weighted by Gasteiger charge is 2.59. The number of benzene rings is 1. The molecular weight excluding hydrogens is 257 g/mol. The average Bonchev–Trinajstić information content (AvgIpc) is 3.11. The summed E-state index contributed by atoms with van der Waals surface area (Å²) in [7, 11) is 3.98. The second-order valence-electron chi connectivity index (χ2n) is 6.66. The van der Waals surface area contributed by atoms with E-state index in [0.717, 1.165) is 31.9 Å². The van der Waals surface area contributed by atoms with Gasteiger partial charge in [0.15, 0.2) is 0 Å². The van der Waals surface area contributed by atoms with Gasteiger partial charge in [-0.25, -0.2) is 4.39 Å². The summed E-state index contributed by atoms with van der Waals surface area (Å²) in [4.78, 5) is 2.07. The standard InChI is InChI=1S/C16H22FNO2/c1-18(2)9-11-4-3-10-5-15(10)16(11,20)12-6-13(17)8-14(19)7-12/h6-8,10-11,15,19-20H,3-5,9H2,1-2H3/t10?,11-,15+,16-/m1/s1. The Hall–Kier alpha value is -1.13. The Morgan fingerprint density at radius 3 is 2.70 bits per heavy atom. The third-order valence-corrected chi connectivity index (χ3v) is 4.93. The number of halogens is 1. The number of nitrogens with zero attached hydrogens (tertiary/aromatic N) is 1. The third kappa shape index (κ3) is 2.21. The predicted molar refractivity (Wildman–Crippen MR) is 74.8 cm³/mol. The van der Waals surface area contributed by atoms with Gasteiger partial charge >= 0.3 is 0 Å². The van der Waals surface area contributed by atoms with E-state index in [1.54, 1.807) is 0 Å². The van der Waals surface area contributed by atoms with Crippen molar-refractivity contribution in [3.63, 3.8) is 0 Å². The zero-order valence-corrected chi connectivity index (χ0v) is 12.0. The molecule has 1 aromatic carbocycles. The molecule has 0 bridgehead atoms. The minimum absolute atomic E-state index is 0.0856. The van der Waals surface area contributed by atoms with E-state index in [-0.39, 0.29) is 17.6 Å². The summed E-state index contributed by atoms with van der Waals surface area (Å²) in [6, 6.07) is 3.98. The second-order valence-corrected chi connectivity index (χ2v) is 6.66. The van der Waals surface area contributed by atoms with Crippen molar-refractivity contribution in [2.24, 2.45) is 17.8 Å². The van der Waals surface area contributed by atoms with Crippen LogP contribution in [-0.2, 0) is 5.60 Å². The largest absolute Gasteiger partial charge is 0.508 e. The molecule has 2 saturated carbocycles. The maximum absolute atomic E-state index is 13.6. The SMILES string of the molecule is CN(C)C[C@H]1CCC2C[C@@H]2[C@]1(O)c1cc(O)cc(F)c1. The van der Waals surface area contributed by atoms with Gasteiger partial charge in [0.05, 0.1) is 5.60 Å². The van der Waals surface area contributed by atoms with Crippen molar-refractivity contribution in [1.29, 1.82) is 0 Å². The molecule has 4 atom stereocenters. The Kier molecular flexibility index (Phi) is 3.26. The maximum atomic E-state index is 13.6. The number of aliphatic hydroxyl groups is 1. The Morgan fingerprint density at radius 1 is 1.30 bits per heavy atom. The summed E-state index contributed by atoms with van der Waals surface area (Å²) in [5.41, 5.74) is -0.471. The lowest BCUT2D eigenvalue weighted by molar-refractivity contribution is -0.0753. The smallest absolute Gasteiger partial charge is 0.127 e. The zero-order chi connectivity index (χ0) is 14.5. The Bertz CT molecular complexity index is 499. The third-order valence-electron chi connectivity index (χ3n) is 4.93. The van der Waals surface area contributed by atoms with Gasteiger partial charge in [-0.2, -0.15) is 0 Å². The number of fused-ring (bicyclic) bond motifs is 1. The van der Waals surface area contributed by atoms with E-state index in [9.17, 15) is 14.6 Å². The fourth-order valence-electron chi connectivity index (χ4n) is 3.97. The molecule has 0 heterocycles. The molecule has 0 saturated heterocycles. The van der Waals surface area contributed by atoms with E-state index < -0.39 is 11.4 Å². The first-order chi connectivity index (χ1) is 9.41. The van der Waals surface area contributed by atoms with Gasteiger partial charge in [0.25, 0.3) is 0 Å². The molecule has 2 N–H and O–H groups in total. The summed E-state index contributed by atoms with van der Waals surface area (Å²) in [5, 5.41) is 21.0. The van der Waals surface area contributed by atoms with Crippen LogP contribution >= 0.6 is 0 Å². The summed E-state index contributed by atoms with van der Waals surface area (Å²) in [6.45, 7) is 0.775. The van der Waals surface area contributed by atoms with Crippen molar-refractivity contribution in [1.82, 2.24) is 4.90 Å². The summed E-state index contributed by atoms with van der Waals surface area (Å²) in [5.74, 6) is 0.258. The second kappa shape index (κ2) is 4.71. The van der Waals surface area contributed by atoms with Gasteiger partial charge in [-0.3, -0.25) is 0 Å². The van der Waals surface area contributed by atoms with Crippen LogP contribution in [0.3, 0.4) is 0 Å². The van der Waals surface area contributed by atoms with Crippen molar-refractivity contribution in [2.75, 3.05) is 20.6 Å². The fourth-order valence-corrected chi connectivity index (χ4v) is 3.97. The molecule has 0 aliphatic heterocycles. The topological polar surface area (TPSA) is 43.7 Å². The van der Waals surface area contributed by atoms with Gasteiger partial charge in [-0.1, -0.05) is 0 Å². The van der Waals surface area contributed by atoms with Crippen molar-refractivity contribution in [3.05, 3.63) is 29.6 Å². The van der Waals surface area contributed by atoms with Crippen LogP contribution in [0.5, 0.6) is 5.75 Å². The predicted octanol–water partition coefficient (Wildman–Crippen LogP) is 2.33. The highest BCUT2D eigenvalue weighted by Crippen LogP contribution is 2.61. The van der Waals surface area contributed by atoms with Gasteiger partial charge in [0.2, 0.25) is 0 Å². The number of hydrogen-bond acceptors (Lipinski definition) is 3. The van der Waals surface area contributed by atoms with Gasteiger partial charge in [0, 0.05) is 18.5 Å². The molecule has 1 aromatic rings. The Morgan fingerprint density at radius 2 is 2.05 bits per heavy atom. The van der Waals surface area contributed by atoms with Crippen LogP contribution in [0.4, 0.5) is 4.39 Å². The van der Waals surface area contributed by atoms with Crippen LogP contribution in [0.2, 0.25) is 0 Å². The molecule has 20 heavy (non-hydrogen) atoms. The van der Waals surface area contributed by atoms with Gasteiger partial charge < -0.3 is 15.1 Å². The molecule has 2 aliphatic rings. The van der Waals surface area contributed by atoms with Crippen LogP contribution in [0.25, 0.3) is 0 Å². The van der Waals surface area contributed by atoms with Gasteiger partial charge in [0.1, 0.15) is 11.6 Å². The van der Waals surface area contributed by atoms with E-state index in [1.165, 1.54) is 12.1 Å². The number of aromatic hydroxyl groups is 1. The molecule has 2 fully saturated rings. The lowest BCUT2D eigenvalue weighted by Gasteiger charge is -2.42. The molecule has 0 aromatic heterocycles. The van der Waals surface area contributed by atoms with Gasteiger partial charge in [-0.05, 0) is 62.9 Å². The van der Waals surface area contributed by atoms with Crippen LogP contribution in [-0.4, -0.2) is 35.8 Å². The molecule has 0 spiro atoms. The average molecular weight is 279 g/mol. The van der Waals surface area contributed by atoms with Crippen molar-refractivity contribution < 1.29 is 14.6 Å². The Labute approximate surface area is 119 Å². The van der Waals surface area contributed by atoms with Crippen LogP contribution < -0.4 is 0 Å². The van der Waals surface area contributed by atoms with E-state index in [4.69, 9.17) is 0 Å². The van der Waals surface area contributed by atoms with Crippen LogP contribution in [0.15, 0.2) is 18.2 Å². The normalized spacial score (nSPS) is 36.0. The molecule has 0 amide bonds. The van der Waals surface area contributed by atoms with Gasteiger partial charge in [-0.15, -0.1) is 0 Å². The Balaban J connectivity index is 2.00. The molecular formula is C16H22FNO2. The van der Waals surface area contributed by atoms with E-state index in [1.807, 2.05) is 14.1 Å². The van der Waals surface area contributed by atoms with Crippen molar-refractivity contribution in [2.45, 2.75) is 24.9 Å². The first kappa shape index (κ1) is 13.8. The van der Waals surface area contributed by atoms with E-state index in [0.29, 0.717) is 11.5 Å². The molecule has 4 heteroatoms. The number of phenols is 1. The van der Waals surface area contributed by atoms with Crippen molar-refractivity contribution in [3.8, 4) is 5.75 Å². The highest BCUT2D eigenvalue weighted by atomic mass is 19.1. The van der Waals surface area contributed by atoms with E-state index in [2.05, 4.69) is 4.90 Å². The molecule has 3 nitrogen and oxygen atoms in total. The summed E-state index contributed by atoms with van der Waals surface area (Å²) in [6.07, 6.45) is 3.11. The minimum atomic E-state index is -1.01.